The van der Waals surface area contributed by atoms with Crippen LogP contribution in [0, 0.1) is 10.5 Å². The molecular weight excluding hydrogens is 305 g/mol. The molecule has 0 aromatic carbocycles. The molecule has 0 atom stereocenters. The Morgan fingerprint density at radius 3 is 2.67 bits per heavy atom. The van der Waals surface area contributed by atoms with Crippen LogP contribution >= 0.6 is 22.6 Å². The van der Waals surface area contributed by atoms with Crippen LogP contribution in [0.25, 0.3) is 11.5 Å². The Hall–Kier alpha value is -1.18. The second-order valence-electron chi connectivity index (χ2n) is 3.22. The number of imidazole rings is 1. The number of anilines is 1. The minimum absolute atomic E-state index is 0.513. The zero-order valence-corrected chi connectivity index (χ0v) is 10.6. The second-order valence-corrected chi connectivity index (χ2v) is 4.30. The summed E-state index contributed by atoms with van der Waals surface area (Å²) >= 11 is 2.14. The van der Waals surface area contributed by atoms with E-state index < -0.39 is 0 Å². The zero-order chi connectivity index (χ0) is 11.0. The van der Waals surface area contributed by atoms with Crippen molar-refractivity contribution in [3.05, 3.63) is 21.8 Å². The molecule has 5 nitrogen and oxygen atoms in total. The van der Waals surface area contributed by atoms with Crippen molar-refractivity contribution >= 4 is 28.4 Å². The van der Waals surface area contributed by atoms with E-state index in [0.717, 1.165) is 15.0 Å². The van der Waals surface area contributed by atoms with Crippen molar-refractivity contribution in [2.75, 3.05) is 5.73 Å². The highest BCUT2D eigenvalue weighted by molar-refractivity contribution is 14.1. The van der Waals surface area contributed by atoms with Gasteiger partial charge in [-0.25, -0.2) is 15.0 Å². The molecule has 0 unspecified atom stereocenters. The van der Waals surface area contributed by atoms with E-state index in [4.69, 9.17) is 5.73 Å². The first-order valence-corrected chi connectivity index (χ1v) is 5.43. The summed E-state index contributed by atoms with van der Waals surface area (Å²) in [6.07, 6.45) is 3.43. The number of nitrogen functional groups attached to an aromatic ring is 1. The largest absolute Gasteiger partial charge is 0.383 e. The minimum Gasteiger partial charge on any atom is -0.383 e. The van der Waals surface area contributed by atoms with Crippen LogP contribution in [0.15, 0.2) is 12.5 Å². The van der Waals surface area contributed by atoms with Crippen molar-refractivity contribution in [3.8, 4) is 11.5 Å². The second kappa shape index (κ2) is 3.76. The Morgan fingerprint density at radius 2 is 2.13 bits per heavy atom. The third-order valence-electron chi connectivity index (χ3n) is 2.09. The average Bonchev–Trinajstić information content (AvgIpc) is 2.60. The van der Waals surface area contributed by atoms with Crippen LogP contribution in [-0.4, -0.2) is 19.5 Å². The lowest BCUT2D eigenvalue weighted by molar-refractivity contribution is 0.905. The van der Waals surface area contributed by atoms with Gasteiger partial charge < -0.3 is 10.3 Å². The molecule has 0 fully saturated rings. The normalized spacial score (nSPS) is 10.6. The lowest BCUT2D eigenvalue weighted by Gasteiger charge is -2.05. The van der Waals surface area contributed by atoms with Crippen LogP contribution in [0.4, 0.5) is 5.82 Å². The Bertz CT molecular complexity index is 482. The molecule has 0 aliphatic heterocycles. The fraction of sp³-hybridized carbons (Fsp3) is 0.222. The van der Waals surface area contributed by atoms with Gasteiger partial charge in [0.05, 0.1) is 21.8 Å². The molecular formula is C9H10IN5. The first-order valence-electron chi connectivity index (χ1n) is 4.36. The Morgan fingerprint density at radius 1 is 1.40 bits per heavy atom. The number of nitrogens with two attached hydrogens (primary N) is 1. The Labute approximate surface area is 101 Å². The van der Waals surface area contributed by atoms with E-state index in [1.165, 1.54) is 0 Å². The maximum absolute atomic E-state index is 5.79. The highest BCUT2D eigenvalue weighted by atomic mass is 127. The van der Waals surface area contributed by atoms with Gasteiger partial charge >= 0.3 is 0 Å². The third-order valence-corrected chi connectivity index (χ3v) is 3.42. The van der Waals surface area contributed by atoms with Gasteiger partial charge in [0.25, 0.3) is 0 Å². The fourth-order valence-corrected chi connectivity index (χ4v) is 1.51. The maximum atomic E-state index is 5.79. The van der Waals surface area contributed by atoms with E-state index >= 15 is 0 Å². The lowest BCUT2D eigenvalue weighted by atomic mass is 10.3. The highest BCUT2D eigenvalue weighted by Gasteiger charge is 2.10. The van der Waals surface area contributed by atoms with Gasteiger partial charge in [-0.15, -0.1) is 0 Å². The van der Waals surface area contributed by atoms with E-state index in [1.54, 1.807) is 12.5 Å². The Kier molecular flexibility index (Phi) is 2.59. The summed E-state index contributed by atoms with van der Waals surface area (Å²) in [5, 5.41) is 0. The van der Waals surface area contributed by atoms with E-state index in [-0.39, 0.29) is 0 Å². The van der Waals surface area contributed by atoms with Gasteiger partial charge in [0.15, 0.2) is 5.82 Å². The van der Waals surface area contributed by atoms with Gasteiger partial charge in [-0.05, 0) is 29.5 Å². The molecule has 0 radical (unpaired) electrons. The predicted molar refractivity (Wildman–Crippen MR) is 66.1 cm³/mol. The monoisotopic (exact) mass is 315 g/mol. The molecule has 0 spiro atoms. The number of hydrogen-bond acceptors (Lipinski definition) is 4. The molecule has 2 rings (SSSR count). The lowest BCUT2D eigenvalue weighted by Crippen LogP contribution is -2.03. The average molecular weight is 315 g/mol. The van der Waals surface area contributed by atoms with E-state index in [9.17, 15) is 0 Å². The first kappa shape index (κ1) is 10.3. The van der Waals surface area contributed by atoms with Crippen LogP contribution in [0.3, 0.4) is 0 Å². The van der Waals surface area contributed by atoms with Crippen molar-refractivity contribution in [2.24, 2.45) is 7.05 Å². The molecule has 0 bridgehead atoms. The molecule has 15 heavy (non-hydrogen) atoms. The van der Waals surface area contributed by atoms with Crippen LogP contribution < -0.4 is 5.73 Å². The quantitative estimate of drug-likeness (QED) is 0.807. The van der Waals surface area contributed by atoms with Crippen molar-refractivity contribution < 1.29 is 0 Å². The van der Waals surface area contributed by atoms with Gasteiger partial charge in [0, 0.05) is 7.05 Å². The highest BCUT2D eigenvalue weighted by Crippen LogP contribution is 2.20. The summed E-state index contributed by atoms with van der Waals surface area (Å²) in [5.74, 6) is 1.13. The van der Waals surface area contributed by atoms with Crippen molar-refractivity contribution in [2.45, 2.75) is 6.92 Å². The topological polar surface area (TPSA) is 69.6 Å². The van der Waals surface area contributed by atoms with Gasteiger partial charge in [-0.1, -0.05) is 0 Å². The molecule has 0 saturated heterocycles. The molecule has 2 heterocycles. The SMILES string of the molecule is Cc1nc(-c2cncn2C)nc(N)c1I. The third kappa shape index (κ3) is 1.81. The number of halogens is 1. The summed E-state index contributed by atoms with van der Waals surface area (Å²) in [4.78, 5) is 12.6. The van der Waals surface area contributed by atoms with Gasteiger partial charge in [0.1, 0.15) is 11.5 Å². The van der Waals surface area contributed by atoms with Crippen molar-refractivity contribution in [3.63, 3.8) is 0 Å². The summed E-state index contributed by atoms with van der Waals surface area (Å²) < 4.78 is 2.76. The van der Waals surface area contributed by atoms with Crippen LogP contribution in [0.1, 0.15) is 5.69 Å². The molecule has 2 aromatic rings. The number of aromatic nitrogens is 4. The number of rotatable bonds is 1. The molecule has 0 amide bonds. The summed E-state index contributed by atoms with van der Waals surface area (Å²) in [5.41, 5.74) is 7.54. The van der Waals surface area contributed by atoms with E-state index in [0.29, 0.717) is 11.6 Å². The molecule has 0 saturated carbocycles. The van der Waals surface area contributed by atoms with Crippen molar-refractivity contribution in [1.29, 1.82) is 0 Å². The molecule has 2 aromatic heterocycles. The minimum atomic E-state index is 0.513. The number of aryl methyl sites for hydroxylation is 2. The van der Waals surface area contributed by atoms with Crippen molar-refractivity contribution in [1.82, 2.24) is 19.5 Å². The Balaban J connectivity index is 2.60. The fourth-order valence-electron chi connectivity index (χ4n) is 1.27. The molecule has 2 N–H and O–H groups in total. The van der Waals surface area contributed by atoms with E-state index in [2.05, 4.69) is 37.5 Å². The predicted octanol–water partition coefficient (Wildman–Crippen LogP) is 1.37. The van der Waals surface area contributed by atoms with Gasteiger partial charge in [-0.3, -0.25) is 0 Å². The summed E-state index contributed by atoms with van der Waals surface area (Å²) in [7, 11) is 1.90. The van der Waals surface area contributed by atoms with Crippen LogP contribution in [0.5, 0.6) is 0 Å². The molecule has 0 aliphatic carbocycles. The number of hydrogen-bond donors (Lipinski definition) is 1. The maximum Gasteiger partial charge on any atom is 0.180 e. The molecule has 6 heteroatoms. The summed E-state index contributed by atoms with van der Waals surface area (Å²) in [6.45, 7) is 1.92. The number of nitrogens with zero attached hydrogens (tertiary/aromatic N) is 4. The smallest absolute Gasteiger partial charge is 0.180 e. The van der Waals surface area contributed by atoms with Gasteiger partial charge in [0.2, 0.25) is 0 Å². The van der Waals surface area contributed by atoms with Crippen LogP contribution in [-0.2, 0) is 7.05 Å². The van der Waals surface area contributed by atoms with Gasteiger partial charge in [-0.2, -0.15) is 0 Å². The first-order chi connectivity index (χ1) is 7.09. The standard InChI is InChI=1S/C9H10IN5/c1-5-7(10)8(11)14-9(13-5)6-3-12-4-15(6)2/h3-4H,1-2H3,(H2,11,13,14). The zero-order valence-electron chi connectivity index (χ0n) is 8.40. The summed E-state index contributed by atoms with van der Waals surface area (Å²) in [6, 6.07) is 0. The molecule has 0 aliphatic rings. The van der Waals surface area contributed by atoms with Crippen LogP contribution in [0.2, 0.25) is 0 Å². The molecule has 78 valence electrons. The van der Waals surface area contributed by atoms with E-state index in [1.807, 2.05) is 18.5 Å².